The maximum Gasteiger partial charge on any atom is 0.270 e. The molecule has 9 nitrogen and oxygen atoms in total. The molecule has 32 heavy (non-hydrogen) atoms. The Bertz CT molecular complexity index is 1220. The molecule has 0 aromatic heterocycles. The maximum atomic E-state index is 13.2. The molecule has 0 atom stereocenters. The summed E-state index contributed by atoms with van der Waals surface area (Å²) in [5, 5.41) is 19.9. The second-order valence-electron chi connectivity index (χ2n) is 7.33. The highest BCUT2D eigenvalue weighted by atomic mass is 32.2. The number of nitro groups is 1. The SMILES string of the molecule is O=[N+]([O-])c1ccc(NCCNc2cccc3ccccc23)c(S(=O)(=O)N2CCOCC2)c1. The van der Waals surface area contributed by atoms with Gasteiger partial charge in [0.1, 0.15) is 4.90 Å². The monoisotopic (exact) mass is 456 g/mol. The molecule has 1 saturated heterocycles. The van der Waals surface area contributed by atoms with Crippen molar-refractivity contribution in [3.8, 4) is 0 Å². The number of benzene rings is 3. The predicted octanol–water partition coefficient (Wildman–Crippen LogP) is 3.29. The van der Waals surface area contributed by atoms with Gasteiger partial charge < -0.3 is 15.4 Å². The highest BCUT2D eigenvalue weighted by molar-refractivity contribution is 7.89. The first-order chi connectivity index (χ1) is 15.5. The van der Waals surface area contributed by atoms with Crippen molar-refractivity contribution in [2.45, 2.75) is 4.90 Å². The molecule has 2 N–H and O–H groups in total. The summed E-state index contributed by atoms with van der Waals surface area (Å²) in [7, 11) is -3.90. The van der Waals surface area contributed by atoms with Crippen LogP contribution >= 0.6 is 0 Å². The highest BCUT2D eigenvalue weighted by Crippen LogP contribution is 2.29. The van der Waals surface area contributed by atoms with Crippen LogP contribution in [0.4, 0.5) is 17.1 Å². The zero-order valence-electron chi connectivity index (χ0n) is 17.4. The molecular weight excluding hydrogens is 432 g/mol. The third-order valence-corrected chi connectivity index (χ3v) is 7.25. The molecule has 1 fully saturated rings. The topological polar surface area (TPSA) is 114 Å². The van der Waals surface area contributed by atoms with Crippen molar-refractivity contribution >= 4 is 37.9 Å². The third-order valence-electron chi connectivity index (χ3n) is 5.31. The molecule has 0 bridgehead atoms. The summed E-state index contributed by atoms with van der Waals surface area (Å²) in [5.74, 6) is 0. The summed E-state index contributed by atoms with van der Waals surface area (Å²) >= 11 is 0. The first-order valence-electron chi connectivity index (χ1n) is 10.3. The molecular formula is C22H24N4O5S. The van der Waals surface area contributed by atoms with Crippen LogP contribution in [0, 0.1) is 10.1 Å². The Morgan fingerprint density at radius 2 is 1.62 bits per heavy atom. The average molecular weight is 457 g/mol. The largest absolute Gasteiger partial charge is 0.383 e. The second-order valence-corrected chi connectivity index (χ2v) is 9.24. The number of nitro benzene ring substituents is 1. The molecule has 0 spiro atoms. The minimum Gasteiger partial charge on any atom is -0.383 e. The van der Waals surface area contributed by atoms with Crippen LogP contribution in [0.2, 0.25) is 0 Å². The van der Waals surface area contributed by atoms with Gasteiger partial charge in [0.2, 0.25) is 10.0 Å². The lowest BCUT2D eigenvalue weighted by molar-refractivity contribution is -0.385. The number of nitrogens with zero attached hydrogens (tertiary/aromatic N) is 2. The van der Waals surface area contributed by atoms with Crippen LogP contribution in [0.25, 0.3) is 10.8 Å². The van der Waals surface area contributed by atoms with E-state index in [1.54, 1.807) is 0 Å². The van der Waals surface area contributed by atoms with E-state index in [4.69, 9.17) is 4.74 Å². The van der Waals surface area contributed by atoms with Crippen molar-refractivity contribution in [2.75, 3.05) is 50.0 Å². The Morgan fingerprint density at radius 1 is 0.938 bits per heavy atom. The number of ether oxygens (including phenoxy) is 1. The molecule has 4 rings (SSSR count). The number of sulfonamides is 1. The molecule has 1 aliphatic rings. The van der Waals surface area contributed by atoms with Crippen molar-refractivity contribution in [1.82, 2.24) is 4.31 Å². The standard InChI is InChI=1S/C22H24N4O5S/c27-26(28)18-8-9-21(22(16-18)32(29,30)25-12-14-31-15-13-25)24-11-10-23-20-7-3-5-17-4-1-2-6-19(17)20/h1-9,16,23-24H,10-15H2. The van der Waals surface area contributed by atoms with Crippen LogP contribution in [0.15, 0.2) is 65.6 Å². The van der Waals surface area contributed by atoms with Crippen molar-refractivity contribution in [3.63, 3.8) is 0 Å². The average Bonchev–Trinajstić information content (AvgIpc) is 2.82. The Morgan fingerprint density at radius 3 is 2.38 bits per heavy atom. The highest BCUT2D eigenvalue weighted by Gasteiger charge is 2.30. The molecule has 1 heterocycles. The van der Waals surface area contributed by atoms with Gasteiger partial charge in [0.15, 0.2) is 0 Å². The summed E-state index contributed by atoms with van der Waals surface area (Å²) in [5.41, 5.74) is 1.05. The van der Waals surface area contributed by atoms with Gasteiger partial charge in [-0.15, -0.1) is 0 Å². The zero-order chi connectivity index (χ0) is 22.6. The molecule has 0 unspecified atom stereocenters. The van der Waals surface area contributed by atoms with Gasteiger partial charge in [0, 0.05) is 49.4 Å². The van der Waals surface area contributed by atoms with E-state index in [-0.39, 0.29) is 23.7 Å². The van der Waals surface area contributed by atoms with Gasteiger partial charge in [-0.25, -0.2) is 8.42 Å². The number of hydrogen-bond acceptors (Lipinski definition) is 7. The van der Waals surface area contributed by atoms with E-state index in [1.165, 1.54) is 16.4 Å². The van der Waals surface area contributed by atoms with E-state index in [1.807, 2.05) is 42.5 Å². The minimum atomic E-state index is -3.90. The van der Waals surface area contributed by atoms with Crippen LogP contribution in [0.5, 0.6) is 0 Å². The van der Waals surface area contributed by atoms with Crippen molar-refractivity contribution < 1.29 is 18.1 Å². The Balaban J connectivity index is 1.51. The fourth-order valence-electron chi connectivity index (χ4n) is 3.68. The van der Waals surface area contributed by atoms with E-state index < -0.39 is 14.9 Å². The summed E-state index contributed by atoms with van der Waals surface area (Å²) in [4.78, 5) is 10.5. The molecule has 1 aliphatic heterocycles. The minimum absolute atomic E-state index is 0.0984. The van der Waals surface area contributed by atoms with Gasteiger partial charge in [-0.3, -0.25) is 10.1 Å². The lowest BCUT2D eigenvalue weighted by atomic mass is 10.1. The quantitative estimate of drug-likeness (QED) is 0.304. The molecule has 0 saturated carbocycles. The van der Waals surface area contributed by atoms with Gasteiger partial charge in [-0.2, -0.15) is 4.31 Å². The molecule has 3 aromatic rings. The summed E-state index contributed by atoms with van der Waals surface area (Å²) in [6.45, 7) is 1.98. The van der Waals surface area contributed by atoms with Crippen LogP contribution in [-0.4, -0.2) is 57.0 Å². The van der Waals surface area contributed by atoms with Crippen molar-refractivity contribution in [2.24, 2.45) is 0 Å². The number of fused-ring (bicyclic) bond motifs is 1. The predicted molar refractivity (Wildman–Crippen MR) is 124 cm³/mol. The van der Waals surface area contributed by atoms with Gasteiger partial charge in [0.25, 0.3) is 5.69 Å². The molecule has 0 amide bonds. The third kappa shape index (κ3) is 4.67. The van der Waals surface area contributed by atoms with Gasteiger partial charge in [-0.1, -0.05) is 36.4 Å². The number of non-ortho nitro benzene ring substituents is 1. The van der Waals surface area contributed by atoms with Gasteiger partial charge >= 0.3 is 0 Å². The molecule has 168 valence electrons. The van der Waals surface area contributed by atoms with E-state index in [0.717, 1.165) is 22.5 Å². The lowest BCUT2D eigenvalue weighted by Gasteiger charge is -2.27. The zero-order valence-corrected chi connectivity index (χ0v) is 18.2. The molecule has 10 heteroatoms. The normalized spacial score (nSPS) is 14.9. The lowest BCUT2D eigenvalue weighted by Crippen LogP contribution is -2.40. The van der Waals surface area contributed by atoms with Crippen molar-refractivity contribution in [1.29, 1.82) is 0 Å². The van der Waals surface area contributed by atoms with Crippen LogP contribution in [0.1, 0.15) is 0 Å². The second kappa shape index (κ2) is 9.51. The van der Waals surface area contributed by atoms with E-state index >= 15 is 0 Å². The Kier molecular flexibility index (Phi) is 6.54. The van der Waals surface area contributed by atoms with E-state index in [9.17, 15) is 18.5 Å². The van der Waals surface area contributed by atoms with Gasteiger partial charge in [0.05, 0.1) is 23.8 Å². The van der Waals surface area contributed by atoms with Crippen LogP contribution in [-0.2, 0) is 14.8 Å². The van der Waals surface area contributed by atoms with Gasteiger partial charge in [-0.05, 0) is 17.5 Å². The summed E-state index contributed by atoms with van der Waals surface area (Å²) < 4.78 is 32.9. The number of morpholine rings is 1. The maximum absolute atomic E-state index is 13.2. The first kappa shape index (κ1) is 22.0. The Hall–Kier alpha value is -3.21. The fourth-order valence-corrected chi connectivity index (χ4v) is 5.28. The smallest absolute Gasteiger partial charge is 0.270 e. The Labute approximate surface area is 186 Å². The number of anilines is 2. The fraction of sp³-hybridized carbons (Fsp3) is 0.273. The first-order valence-corrected chi connectivity index (χ1v) is 11.7. The van der Waals surface area contributed by atoms with E-state index in [0.29, 0.717) is 32.0 Å². The van der Waals surface area contributed by atoms with Crippen LogP contribution in [0.3, 0.4) is 0 Å². The summed E-state index contributed by atoms with van der Waals surface area (Å²) in [6, 6.07) is 17.9. The molecule has 3 aromatic carbocycles. The van der Waals surface area contributed by atoms with Crippen LogP contribution < -0.4 is 10.6 Å². The number of rotatable bonds is 8. The molecule has 0 aliphatic carbocycles. The summed E-state index contributed by atoms with van der Waals surface area (Å²) in [6.07, 6.45) is 0. The van der Waals surface area contributed by atoms with E-state index in [2.05, 4.69) is 10.6 Å². The molecule has 0 radical (unpaired) electrons. The van der Waals surface area contributed by atoms with Crippen molar-refractivity contribution in [3.05, 3.63) is 70.8 Å². The number of nitrogens with one attached hydrogen (secondary N) is 2. The number of hydrogen-bond donors (Lipinski definition) is 2.